The highest BCUT2D eigenvalue weighted by Crippen LogP contribution is 2.38. The molecule has 0 aliphatic heterocycles. The van der Waals surface area contributed by atoms with Gasteiger partial charge in [-0.25, -0.2) is 9.78 Å². The van der Waals surface area contributed by atoms with Gasteiger partial charge in [0.2, 0.25) is 5.91 Å². The average Bonchev–Trinajstić information content (AvgIpc) is 3.68. The minimum absolute atomic E-state index is 0.0545. The van der Waals surface area contributed by atoms with E-state index in [1.807, 2.05) is 103 Å². The third-order valence-electron chi connectivity index (χ3n) is 7.50. The number of para-hydroxylation sites is 1. The number of allylic oxidation sites excluding steroid dienone is 1. The molecular formula is C36H31N5O3S2. The maximum Gasteiger partial charge on any atom is 0.341 e. The molecule has 3 heterocycles. The number of carbonyl (C=O) groups is 2. The second kappa shape index (κ2) is 13.5. The number of nitrogens with zero attached hydrogens (tertiary/aromatic N) is 4. The molecule has 3 aromatic heterocycles. The second-order valence-electron chi connectivity index (χ2n) is 10.6. The topological polar surface area (TPSA) is 99.0 Å². The Balaban J connectivity index is 1.28. The minimum Gasteiger partial charge on any atom is -0.465 e. The molecule has 10 heteroatoms. The van der Waals surface area contributed by atoms with Crippen molar-refractivity contribution in [2.24, 2.45) is 0 Å². The van der Waals surface area contributed by atoms with E-state index in [4.69, 9.17) is 9.72 Å². The Hall–Kier alpha value is -5.06. The number of aromatic nitrogens is 4. The van der Waals surface area contributed by atoms with Gasteiger partial charge in [-0.1, -0.05) is 90.1 Å². The highest BCUT2D eigenvalue weighted by molar-refractivity contribution is 7.99. The highest BCUT2D eigenvalue weighted by atomic mass is 32.2. The number of thiophene rings is 1. The summed E-state index contributed by atoms with van der Waals surface area (Å²) in [6, 6.07) is 26.1. The Labute approximate surface area is 275 Å². The highest BCUT2D eigenvalue weighted by Gasteiger charge is 2.24. The first-order valence-electron chi connectivity index (χ1n) is 14.6. The summed E-state index contributed by atoms with van der Waals surface area (Å²) < 4.78 is 7.06. The zero-order valence-electron chi connectivity index (χ0n) is 25.6. The Morgan fingerprint density at radius 2 is 1.76 bits per heavy atom. The van der Waals surface area contributed by atoms with Gasteiger partial charge in [0.15, 0.2) is 11.0 Å². The molecule has 0 fully saturated rings. The first-order chi connectivity index (χ1) is 22.4. The predicted octanol–water partition coefficient (Wildman–Crippen LogP) is 8.21. The Bertz CT molecular complexity index is 2080. The number of nitrogens with one attached hydrogen (secondary N) is 1. The molecule has 230 valence electrons. The van der Waals surface area contributed by atoms with E-state index < -0.39 is 5.97 Å². The quantitative estimate of drug-likeness (QED) is 0.0911. The molecule has 6 aromatic rings. The molecule has 0 radical (unpaired) electrons. The van der Waals surface area contributed by atoms with Crippen molar-refractivity contribution in [1.82, 2.24) is 19.7 Å². The number of esters is 1. The molecule has 6 rings (SSSR count). The van der Waals surface area contributed by atoms with Gasteiger partial charge in [-0.2, -0.15) is 0 Å². The number of benzene rings is 3. The summed E-state index contributed by atoms with van der Waals surface area (Å²) in [7, 11) is 1.34. The predicted molar refractivity (Wildman–Crippen MR) is 186 cm³/mol. The third-order valence-corrected chi connectivity index (χ3v) is 9.37. The van der Waals surface area contributed by atoms with Gasteiger partial charge in [-0.05, 0) is 37.1 Å². The lowest BCUT2D eigenvalue weighted by Gasteiger charge is -2.12. The van der Waals surface area contributed by atoms with Crippen LogP contribution >= 0.6 is 23.1 Å². The number of amides is 1. The number of thioether (sulfide) groups is 1. The van der Waals surface area contributed by atoms with E-state index in [0.717, 1.165) is 50.0 Å². The molecule has 1 amide bonds. The molecule has 0 aliphatic carbocycles. The van der Waals surface area contributed by atoms with Crippen LogP contribution in [0, 0.1) is 13.8 Å². The van der Waals surface area contributed by atoms with Crippen LogP contribution in [0.2, 0.25) is 0 Å². The number of ether oxygens (including phenoxy) is 1. The van der Waals surface area contributed by atoms with Crippen molar-refractivity contribution < 1.29 is 14.3 Å². The number of methoxy groups -OCH3 is 1. The summed E-state index contributed by atoms with van der Waals surface area (Å²) in [5.41, 5.74) is 7.65. The van der Waals surface area contributed by atoms with Crippen LogP contribution in [-0.4, -0.2) is 44.5 Å². The molecule has 0 aliphatic rings. The van der Waals surface area contributed by atoms with Gasteiger partial charge in [-0.3, -0.25) is 9.36 Å². The SMILES string of the molecule is C=CCn1c(SCC(=O)Nc2scc(-c3cc(C)ccc3C)c2C(=O)OC)nnc1-c1cc(-c2ccccc2)nc2ccccc12. The molecule has 46 heavy (non-hydrogen) atoms. The van der Waals surface area contributed by atoms with Crippen molar-refractivity contribution in [3.63, 3.8) is 0 Å². The first kappa shape index (κ1) is 30.9. The van der Waals surface area contributed by atoms with Crippen LogP contribution in [0.4, 0.5) is 5.00 Å². The van der Waals surface area contributed by atoms with Crippen LogP contribution in [0.15, 0.2) is 102 Å². The molecule has 3 aromatic carbocycles. The molecule has 0 atom stereocenters. The van der Waals surface area contributed by atoms with Crippen molar-refractivity contribution in [1.29, 1.82) is 0 Å². The zero-order valence-corrected chi connectivity index (χ0v) is 27.2. The van der Waals surface area contributed by atoms with E-state index >= 15 is 0 Å². The maximum absolute atomic E-state index is 13.3. The summed E-state index contributed by atoms with van der Waals surface area (Å²) in [6.45, 7) is 8.38. The number of aryl methyl sites for hydroxylation is 2. The van der Waals surface area contributed by atoms with E-state index in [9.17, 15) is 9.59 Å². The van der Waals surface area contributed by atoms with Crippen molar-refractivity contribution >= 4 is 50.9 Å². The van der Waals surface area contributed by atoms with Crippen LogP contribution in [-0.2, 0) is 16.1 Å². The maximum atomic E-state index is 13.3. The van der Waals surface area contributed by atoms with Gasteiger partial charge < -0.3 is 10.1 Å². The van der Waals surface area contributed by atoms with E-state index in [1.165, 1.54) is 30.2 Å². The van der Waals surface area contributed by atoms with Gasteiger partial charge in [0.05, 0.1) is 24.1 Å². The number of anilines is 1. The Kier molecular flexibility index (Phi) is 9.09. The van der Waals surface area contributed by atoms with Gasteiger partial charge in [0, 0.05) is 34.0 Å². The largest absolute Gasteiger partial charge is 0.465 e. The molecule has 0 unspecified atom stereocenters. The third kappa shape index (κ3) is 6.22. The monoisotopic (exact) mass is 645 g/mol. The number of carbonyl (C=O) groups excluding carboxylic acids is 2. The summed E-state index contributed by atoms with van der Waals surface area (Å²) in [4.78, 5) is 31.1. The molecule has 0 bridgehead atoms. The molecule has 0 saturated carbocycles. The van der Waals surface area contributed by atoms with Crippen LogP contribution in [0.5, 0.6) is 0 Å². The summed E-state index contributed by atoms with van der Waals surface area (Å²) in [5, 5.41) is 15.8. The fourth-order valence-electron chi connectivity index (χ4n) is 5.28. The van der Waals surface area contributed by atoms with Gasteiger partial charge in [-0.15, -0.1) is 28.1 Å². The Morgan fingerprint density at radius 3 is 2.54 bits per heavy atom. The van der Waals surface area contributed by atoms with Crippen LogP contribution < -0.4 is 5.32 Å². The molecule has 1 N–H and O–H groups in total. The van der Waals surface area contributed by atoms with E-state index in [0.29, 0.717) is 28.1 Å². The normalized spacial score (nSPS) is 11.0. The number of hydrogen-bond donors (Lipinski definition) is 1. The van der Waals surface area contributed by atoms with E-state index in [2.05, 4.69) is 22.1 Å². The number of rotatable bonds is 10. The Morgan fingerprint density at radius 1 is 0.978 bits per heavy atom. The average molecular weight is 646 g/mol. The van der Waals surface area contributed by atoms with Crippen molar-refractivity contribution in [2.75, 3.05) is 18.2 Å². The van der Waals surface area contributed by atoms with Crippen LogP contribution in [0.1, 0.15) is 21.5 Å². The lowest BCUT2D eigenvalue weighted by molar-refractivity contribution is -0.113. The summed E-state index contributed by atoms with van der Waals surface area (Å²) >= 11 is 2.56. The molecule has 0 saturated heterocycles. The smallest absolute Gasteiger partial charge is 0.341 e. The number of fused-ring (bicyclic) bond motifs is 1. The minimum atomic E-state index is -0.505. The van der Waals surface area contributed by atoms with Gasteiger partial charge in [0.1, 0.15) is 10.6 Å². The van der Waals surface area contributed by atoms with Gasteiger partial charge in [0.25, 0.3) is 0 Å². The fraction of sp³-hybridized carbons (Fsp3) is 0.139. The molecule has 8 nitrogen and oxygen atoms in total. The molecule has 0 spiro atoms. The summed E-state index contributed by atoms with van der Waals surface area (Å²) in [5.74, 6) is -0.0725. The zero-order chi connectivity index (χ0) is 32.2. The van der Waals surface area contributed by atoms with Crippen LogP contribution in [0.25, 0.3) is 44.7 Å². The first-order valence-corrected chi connectivity index (χ1v) is 16.4. The van der Waals surface area contributed by atoms with Gasteiger partial charge >= 0.3 is 5.97 Å². The lowest BCUT2D eigenvalue weighted by atomic mass is 9.97. The molecular weight excluding hydrogens is 615 g/mol. The summed E-state index contributed by atoms with van der Waals surface area (Å²) in [6.07, 6.45) is 1.78. The van der Waals surface area contributed by atoms with E-state index in [1.54, 1.807) is 6.08 Å². The number of pyridine rings is 1. The van der Waals surface area contributed by atoms with Crippen LogP contribution in [0.3, 0.4) is 0 Å². The van der Waals surface area contributed by atoms with Crippen molar-refractivity contribution in [3.05, 3.63) is 114 Å². The van der Waals surface area contributed by atoms with Crippen molar-refractivity contribution in [2.45, 2.75) is 25.5 Å². The number of hydrogen-bond acceptors (Lipinski definition) is 8. The fourth-order valence-corrected chi connectivity index (χ4v) is 6.99. The van der Waals surface area contributed by atoms with E-state index in [-0.39, 0.29) is 11.7 Å². The second-order valence-corrected chi connectivity index (χ2v) is 12.5. The lowest BCUT2D eigenvalue weighted by Crippen LogP contribution is -2.16. The standard InChI is InChI=1S/C36H31N5O3S2/c1-5-17-41-33(27-19-30(24-11-7-6-8-12-24)37-29-14-10-9-13-25(27)29)39-40-36(41)46-21-31(42)38-34-32(35(43)44-4)28(20-45-34)26-18-22(2)15-16-23(26)3/h5-16,18-20H,1,17,21H2,2-4H3,(H,38,42). The van der Waals surface area contributed by atoms with Crippen molar-refractivity contribution in [3.8, 4) is 33.8 Å².